The first-order chi connectivity index (χ1) is 11.6. The van der Waals surface area contributed by atoms with Crippen LogP contribution in [0.1, 0.15) is 20.3 Å². The van der Waals surface area contributed by atoms with Crippen LogP contribution < -0.4 is 9.84 Å². The van der Waals surface area contributed by atoms with Crippen LogP contribution in [0, 0.1) is 0 Å². The lowest BCUT2D eigenvalue weighted by molar-refractivity contribution is -0.255. The average Bonchev–Trinajstić information content (AvgIpc) is 3.11. The van der Waals surface area contributed by atoms with Crippen molar-refractivity contribution < 1.29 is 19.4 Å². The number of carbonyl (C=O) groups excluding carboxylic acids is 2. The molecule has 0 bridgehead atoms. The second-order valence-corrected chi connectivity index (χ2v) is 5.79. The van der Waals surface area contributed by atoms with E-state index in [4.69, 9.17) is 4.74 Å². The minimum Gasteiger partial charge on any atom is -0.543 e. The van der Waals surface area contributed by atoms with Crippen molar-refractivity contribution >= 4 is 23.1 Å². The summed E-state index contributed by atoms with van der Waals surface area (Å²) in [6.45, 7) is -0.204. The van der Waals surface area contributed by atoms with Gasteiger partial charge in [0.1, 0.15) is 5.75 Å². The van der Waals surface area contributed by atoms with Gasteiger partial charge in [-0.2, -0.15) is 0 Å². The molecule has 1 heterocycles. The van der Waals surface area contributed by atoms with Crippen LogP contribution in [0.15, 0.2) is 60.0 Å². The molecule has 1 aromatic heterocycles. The molecule has 0 saturated carbocycles. The van der Waals surface area contributed by atoms with Gasteiger partial charge in [0, 0.05) is 5.38 Å². The van der Waals surface area contributed by atoms with Crippen molar-refractivity contribution in [2.24, 2.45) is 0 Å². The topological polar surface area (TPSA) is 79.3 Å². The molecule has 24 heavy (non-hydrogen) atoms. The summed E-state index contributed by atoms with van der Waals surface area (Å²) in [6.07, 6.45) is 0. The number of carbonyl (C=O) groups is 2. The van der Waals surface area contributed by atoms with Crippen LogP contribution in [0.3, 0.4) is 0 Å². The van der Waals surface area contributed by atoms with Crippen molar-refractivity contribution in [2.45, 2.75) is 0 Å². The molecule has 0 unspecified atom stereocenters. The zero-order valence-electron chi connectivity index (χ0n) is 12.5. The third-order valence-electron chi connectivity index (χ3n) is 3.28. The molecule has 0 saturated heterocycles. The summed E-state index contributed by atoms with van der Waals surface area (Å²) in [5.74, 6) is -1.22. The van der Waals surface area contributed by atoms with E-state index in [0.29, 0.717) is 5.75 Å². The molecule has 0 aliphatic carbocycles. The number of hydrogen-bond donors (Lipinski definition) is 0. The van der Waals surface area contributed by atoms with Crippen LogP contribution >= 0.6 is 11.3 Å². The summed E-state index contributed by atoms with van der Waals surface area (Å²) < 4.78 is 5.44. The summed E-state index contributed by atoms with van der Waals surface area (Å²) in [5, 5.41) is 12.0. The molecule has 3 rings (SSSR count). The fraction of sp³-hybridized carbons (Fsp3) is 0.0556. The molecular formula is C18H12NO4S-. The smallest absolute Gasteiger partial charge is 0.228 e. The minimum atomic E-state index is -1.40. The van der Waals surface area contributed by atoms with Crippen LogP contribution in [0.2, 0.25) is 0 Å². The predicted octanol–water partition coefficient (Wildman–Crippen LogP) is 2.44. The van der Waals surface area contributed by atoms with E-state index in [1.165, 1.54) is 5.38 Å². The maximum absolute atomic E-state index is 12.0. The number of nitrogens with zero attached hydrogens (tertiary/aromatic N) is 1. The molecule has 3 aromatic rings. The maximum atomic E-state index is 12.0. The second-order valence-electron chi connectivity index (χ2n) is 4.93. The van der Waals surface area contributed by atoms with Crippen molar-refractivity contribution in [3.05, 3.63) is 70.7 Å². The van der Waals surface area contributed by atoms with E-state index in [2.05, 4.69) is 4.98 Å². The third kappa shape index (κ3) is 3.67. The van der Waals surface area contributed by atoms with E-state index in [1.54, 1.807) is 12.1 Å². The van der Waals surface area contributed by atoms with E-state index in [1.807, 2.05) is 42.5 Å². The van der Waals surface area contributed by atoms with Gasteiger partial charge in [-0.3, -0.25) is 4.79 Å². The zero-order chi connectivity index (χ0) is 16.9. The van der Waals surface area contributed by atoms with Gasteiger partial charge in [0.05, 0.1) is 11.7 Å². The summed E-state index contributed by atoms with van der Waals surface area (Å²) in [4.78, 5) is 26.3. The number of Topliss-reactive ketones (excluding diaryl/α,β-unsaturated/α-hetero) is 1. The second kappa shape index (κ2) is 7.06. The van der Waals surface area contributed by atoms with Gasteiger partial charge in [0.25, 0.3) is 0 Å². The number of benzene rings is 2. The van der Waals surface area contributed by atoms with Crippen LogP contribution in [0.5, 0.6) is 5.75 Å². The van der Waals surface area contributed by atoms with E-state index in [9.17, 15) is 14.7 Å². The van der Waals surface area contributed by atoms with E-state index in [0.717, 1.165) is 22.5 Å². The predicted molar refractivity (Wildman–Crippen MR) is 88.1 cm³/mol. The Morgan fingerprint density at radius 2 is 1.67 bits per heavy atom. The highest BCUT2D eigenvalue weighted by atomic mass is 32.1. The van der Waals surface area contributed by atoms with Gasteiger partial charge in [-0.25, -0.2) is 4.98 Å². The molecule has 0 aliphatic rings. The Morgan fingerprint density at radius 1 is 1.00 bits per heavy atom. The monoisotopic (exact) mass is 338 g/mol. The van der Waals surface area contributed by atoms with Crippen molar-refractivity contribution in [2.75, 3.05) is 6.61 Å². The van der Waals surface area contributed by atoms with Crippen LogP contribution in [-0.4, -0.2) is 23.3 Å². The van der Waals surface area contributed by atoms with Gasteiger partial charge in [-0.15, -0.1) is 11.3 Å². The van der Waals surface area contributed by atoms with Crippen molar-refractivity contribution in [3.63, 3.8) is 0 Å². The van der Waals surface area contributed by atoms with E-state index < -0.39 is 5.97 Å². The van der Waals surface area contributed by atoms with Gasteiger partial charge in [0.15, 0.2) is 11.6 Å². The number of thiazole rings is 1. The Labute approximate surface area is 142 Å². The number of aromatic carboxylic acids is 1. The number of ketones is 1. The number of aromatic nitrogens is 1. The maximum Gasteiger partial charge on any atom is 0.228 e. The number of carboxylic acids is 1. The highest BCUT2D eigenvalue weighted by Gasteiger charge is 2.12. The summed E-state index contributed by atoms with van der Waals surface area (Å²) in [6, 6.07) is 17.3. The highest BCUT2D eigenvalue weighted by molar-refractivity contribution is 7.12. The Hall–Kier alpha value is -2.99. The van der Waals surface area contributed by atoms with Gasteiger partial charge in [0.2, 0.25) is 5.78 Å². The van der Waals surface area contributed by atoms with Crippen LogP contribution in [0.4, 0.5) is 0 Å². The molecule has 2 aromatic carbocycles. The van der Waals surface area contributed by atoms with Crippen molar-refractivity contribution in [3.8, 4) is 16.9 Å². The Morgan fingerprint density at radius 3 is 2.29 bits per heavy atom. The first-order valence-corrected chi connectivity index (χ1v) is 8.00. The summed E-state index contributed by atoms with van der Waals surface area (Å²) in [5.41, 5.74) is 1.90. The number of rotatable bonds is 6. The molecule has 6 heteroatoms. The quantitative estimate of drug-likeness (QED) is 0.645. The fourth-order valence-electron chi connectivity index (χ4n) is 2.08. The Bertz CT molecular complexity index is 856. The number of carboxylic acid groups (broad SMARTS) is 1. The molecular weight excluding hydrogens is 326 g/mol. The van der Waals surface area contributed by atoms with Gasteiger partial charge >= 0.3 is 0 Å². The molecule has 5 nitrogen and oxygen atoms in total. The standard InChI is InChI=1S/C18H13NO4S/c20-16(17-19-15(11-24-17)18(21)22)10-23-14-8-6-13(7-9-14)12-4-2-1-3-5-12/h1-9,11H,10H2,(H,21,22)/p-1. The SMILES string of the molecule is O=C([O-])c1csc(C(=O)COc2ccc(-c3ccccc3)cc2)n1. The van der Waals surface area contributed by atoms with E-state index >= 15 is 0 Å². The molecule has 0 radical (unpaired) electrons. The third-order valence-corrected chi connectivity index (χ3v) is 4.17. The summed E-state index contributed by atoms with van der Waals surface area (Å²) >= 11 is 0.959. The lowest BCUT2D eigenvalue weighted by Gasteiger charge is -2.06. The molecule has 0 atom stereocenters. The normalized spacial score (nSPS) is 10.3. The number of hydrogen-bond acceptors (Lipinski definition) is 6. The molecule has 0 N–H and O–H groups in total. The first kappa shape index (κ1) is 15.9. The lowest BCUT2D eigenvalue weighted by atomic mass is 10.1. The lowest BCUT2D eigenvalue weighted by Crippen LogP contribution is -2.23. The zero-order valence-corrected chi connectivity index (χ0v) is 13.3. The summed E-state index contributed by atoms with van der Waals surface area (Å²) in [7, 11) is 0. The largest absolute Gasteiger partial charge is 0.543 e. The number of ether oxygens (including phenoxy) is 1. The molecule has 0 fully saturated rings. The first-order valence-electron chi connectivity index (χ1n) is 7.12. The Balaban J connectivity index is 1.62. The highest BCUT2D eigenvalue weighted by Crippen LogP contribution is 2.22. The van der Waals surface area contributed by atoms with Gasteiger partial charge in [-0.1, -0.05) is 42.5 Å². The van der Waals surface area contributed by atoms with Gasteiger partial charge < -0.3 is 14.6 Å². The molecule has 0 amide bonds. The van der Waals surface area contributed by atoms with Gasteiger partial charge in [-0.05, 0) is 23.3 Å². The Kier molecular flexibility index (Phi) is 4.67. The van der Waals surface area contributed by atoms with Crippen LogP contribution in [-0.2, 0) is 0 Å². The molecule has 0 aliphatic heterocycles. The molecule has 120 valence electrons. The van der Waals surface area contributed by atoms with Crippen LogP contribution in [0.25, 0.3) is 11.1 Å². The van der Waals surface area contributed by atoms with Crippen molar-refractivity contribution in [1.29, 1.82) is 0 Å². The average molecular weight is 338 g/mol. The van der Waals surface area contributed by atoms with Crippen molar-refractivity contribution in [1.82, 2.24) is 4.98 Å². The van der Waals surface area contributed by atoms with E-state index in [-0.39, 0.29) is 23.1 Å². The fourth-order valence-corrected chi connectivity index (χ4v) is 2.79. The molecule has 0 spiro atoms. The minimum absolute atomic E-state index is 0.0927.